The Morgan fingerprint density at radius 1 is 1.07 bits per heavy atom. The van der Waals surface area contributed by atoms with Crippen LogP contribution in [0.5, 0.6) is 0 Å². The highest BCUT2D eigenvalue weighted by Crippen LogP contribution is 2.17. The molecule has 0 atom stereocenters. The zero-order valence-electron chi connectivity index (χ0n) is 7.81. The molecule has 3 heteroatoms. The van der Waals surface area contributed by atoms with Gasteiger partial charge < -0.3 is 0 Å². The van der Waals surface area contributed by atoms with Crippen molar-refractivity contribution in [1.82, 2.24) is 14.8 Å². The van der Waals surface area contributed by atoms with Gasteiger partial charge in [-0.1, -0.05) is 18.2 Å². The Bertz CT molecular complexity index is 558. The standard InChI is InChI=1S/C11H9N3/c1-14-7-11-10(13-14)6-8-4-2-3-5-9(8)12-11/h2-7H,1H3. The Morgan fingerprint density at radius 2 is 1.93 bits per heavy atom. The molecule has 0 aliphatic carbocycles. The van der Waals surface area contributed by atoms with Gasteiger partial charge in [-0.25, -0.2) is 4.98 Å². The third-order valence-corrected chi connectivity index (χ3v) is 2.31. The van der Waals surface area contributed by atoms with Gasteiger partial charge in [0.25, 0.3) is 0 Å². The molecule has 0 aliphatic rings. The van der Waals surface area contributed by atoms with E-state index in [1.807, 2.05) is 31.4 Å². The molecule has 1 aromatic carbocycles. The molecule has 0 fully saturated rings. The number of rotatable bonds is 0. The van der Waals surface area contributed by atoms with Crippen LogP contribution in [0.25, 0.3) is 21.9 Å². The number of aryl methyl sites for hydroxylation is 1. The summed E-state index contributed by atoms with van der Waals surface area (Å²) in [5, 5.41) is 5.46. The molecule has 3 nitrogen and oxygen atoms in total. The fourth-order valence-corrected chi connectivity index (χ4v) is 1.67. The van der Waals surface area contributed by atoms with Gasteiger partial charge in [-0.3, -0.25) is 4.68 Å². The van der Waals surface area contributed by atoms with E-state index in [9.17, 15) is 0 Å². The fraction of sp³-hybridized carbons (Fsp3) is 0.0909. The normalized spacial score (nSPS) is 11.2. The van der Waals surface area contributed by atoms with Crippen LogP contribution in [0.1, 0.15) is 0 Å². The molecule has 0 aliphatic heterocycles. The summed E-state index contributed by atoms with van der Waals surface area (Å²) in [6.07, 6.45) is 1.93. The zero-order chi connectivity index (χ0) is 9.54. The molecular formula is C11H9N3. The van der Waals surface area contributed by atoms with Gasteiger partial charge in [0, 0.05) is 12.4 Å². The SMILES string of the molecule is Cn1cc2nc3ccccc3cc2n1. The quantitative estimate of drug-likeness (QED) is 0.534. The molecule has 0 amide bonds. The summed E-state index contributed by atoms with van der Waals surface area (Å²) in [6.45, 7) is 0. The summed E-state index contributed by atoms with van der Waals surface area (Å²) >= 11 is 0. The van der Waals surface area contributed by atoms with Gasteiger partial charge in [0.15, 0.2) is 0 Å². The molecule has 14 heavy (non-hydrogen) atoms. The molecule has 2 heterocycles. The fourth-order valence-electron chi connectivity index (χ4n) is 1.67. The molecule has 0 spiro atoms. The predicted molar refractivity (Wildman–Crippen MR) is 56.0 cm³/mol. The van der Waals surface area contributed by atoms with Gasteiger partial charge in [0.2, 0.25) is 0 Å². The summed E-state index contributed by atoms with van der Waals surface area (Å²) in [5.74, 6) is 0. The molecule has 0 unspecified atom stereocenters. The molecule has 0 saturated heterocycles. The number of benzene rings is 1. The van der Waals surface area contributed by atoms with Crippen molar-refractivity contribution in [2.24, 2.45) is 7.05 Å². The van der Waals surface area contributed by atoms with Crippen LogP contribution in [-0.4, -0.2) is 14.8 Å². The third-order valence-electron chi connectivity index (χ3n) is 2.31. The van der Waals surface area contributed by atoms with Crippen molar-refractivity contribution < 1.29 is 0 Å². The number of aromatic nitrogens is 3. The van der Waals surface area contributed by atoms with E-state index in [1.54, 1.807) is 4.68 Å². The van der Waals surface area contributed by atoms with Crippen LogP contribution in [0.3, 0.4) is 0 Å². The second-order valence-electron chi connectivity index (χ2n) is 3.39. The molecule has 68 valence electrons. The lowest BCUT2D eigenvalue weighted by Gasteiger charge is -1.94. The van der Waals surface area contributed by atoms with Crippen LogP contribution in [0.2, 0.25) is 0 Å². The lowest BCUT2D eigenvalue weighted by molar-refractivity contribution is 0.779. The maximum absolute atomic E-state index is 4.52. The molecule has 3 aromatic rings. The number of pyridine rings is 1. The molecule has 0 radical (unpaired) electrons. The summed E-state index contributed by atoms with van der Waals surface area (Å²) in [4.78, 5) is 4.52. The van der Waals surface area contributed by atoms with Gasteiger partial charge in [-0.2, -0.15) is 5.10 Å². The smallest absolute Gasteiger partial charge is 0.111 e. The average Bonchev–Trinajstić information content (AvgIpc) is 2.53. The van der Waals surface area contributed by atoms with E-state index in [0.717, 1.165) is 21.9 Å². The van der Waals surface area contributed by atoms with Gasteiger partial charge in [-0.05, 0) is 12.1 Å². The lowest BCUT2D eigenvalue weighted by atomic mass is 10.2. The first-order valence-electron chi connectivity index (χ1n) is 4.52. The number of nitrogens with zero attached hydrogens (tertiary/aromatic N) is 3. The van der Waals surface area contributed by atoms with Crippen LogP contribution < -0.4 is 0 Å². The number of para-hydroxylation sites is 1. The van der Waals surface area contributed by atoms with E-state index in [-0.39, 0.29) is 0 Å². The molecule has 0 N–H and O–H groups in total. The topological polar surface area (TPSA) is 30.7 Å². The molecule has 0 saturated carbocycles. The Balaban J connectivity index is 2.51. The minimum atomic E-state index is 0.950. The highest BCUT2D eigenvalue weighted by atomic mass is 15.2. The number of hydrogen-bond acceptors (Lipinski definition) is 2. The summed E-state index contributed by atoms with van der Waals surface area (Å²) in [6, 6.07) is 10.1. The van der Waals surface area contributed by atoms with Gasteiger partial charge >= 0.3 is 0 Å². The van der Waals surface area contributed by atoms with E-state index < -0.39 is 0 Å². The van der Waals surface area contributed by atoms with Crippen molar-refractivity contribution >= 4 is 21.9 Å². The lowest BCUT2D eigenvalue weighted by Crippen LogP contribution is -1.84. The van der Waals surface area contributed by atoms with E-state index in [4.69, 9.17) is 0 Å². The van der Waals surface area contributed by atoms with Crippen molar-refractivity contribution in [3.8, 4) is 0 Å². The van der Waals surface area contributed by atoms with Crippen LogP contribution in [0.15, 0.2) is 36.5 Å². The molecule has 2 aromatic heterocycles. The van der Waals surface area contributed by atoms with Gasteiger partial charge in [0.05, 0.1) is 11.7 Å². The van der Waals surface area contributed by atoms with Crippen molar-refractivity contribution in [2.45, 2.75) is 0 Å². The predicted octanol–water partition coefficient (Wildman–Crippen LogP) is 2.12. The maximum atomic E-state index is 4.52. The highest BCUT2D eigenvalue weighted by Gasteiger charge is 2.01. The monoisotopic (exact) mass is 183 g/mol. The summed E-state index contributed by atoms with van der Waals surface area (Å²) < 4.78 is 1.79. The minimum absolute atomic E-state index is 0.950. The zero-order valence-corrected chi connectivity index (χ0v) is 7.81. The molecular weight excluding hydrogens is 174 g/mol. The van der Waals surface area contributed by atoms with Crippen LogP contribution >= 0.6 is 0 Å². The Morgan fingerprint density at radius 3 is 2.86 bits per heavy atom. The van der Waals surface area contributed by atoms with E-state index in [1.165, 1.54) is 0 Å². The summed E-state index contributed by atoms with van der Waals surface area (Å²) in [5.41, 5.74) is 2.92. The second kappa shape index (κ2) is 2.54. The Labute approximate surface area is 81.0 Å². The summed E-state index contributed by atoms with van der Waals surface area (Å²) in [7, 11) is 1.91. The second-order valence-corrected chi connectivity index (χ2v) is 3.39. The van der Waals surface area contributed by atoms with Crippen molar-refractivity contribution in [1.29, 1.82) is 0 Å². The van der Waals surface area contributed by atoms with Crippen LogP contribution in [0.4, 0.5) is 0 Å². The molecule has 3 rings (SSSR count). The number of hydrogen-bond donors (Lipinski definition) is 0. The number of fused-ring (bicyclic) bond motifs is 2. The Hall–Kier alpha value is -1.90. The van der Waals surface area contributed by atoms with Gasteiger partial charge in [-0.15, -0.1) is 0 Å². The van der Waals surface area contributed by atoms with E-state index >= 15 is 0 Å². The van der Waals surface area contributed by atoms with Gasteiger partial charge in [0.1, 0.15) is 11.0 Å². The highest BCUT2D eigenvalue weighted by molar-refractivity contribution is 5.90. The van der Waals surface area contributed by atoms with E-state index in [2.05, 4.69) is 22.2 Å². The first-order valence-corrected chi connectivity index (χ1v) is 4.52. The minimum Gasteiger partial charge on any atom is -0.273 e. The maximum Gasteiger partial charge on any atom is 0.111 e. The van der Waals surface area contributed by atoms with Crippen molar-refractivity contribution in [3.63, 3.8) is 0 Å². The first kappa shape index (κ1) is 7.50. The van der Waals surface area contributed by atoms with Crippen molar-refractivity contribution in [2.75, 3.05) is 0 Å². The Kier molecular flexibility index (Phi) is 1.36. The van der Waals surface area contributed by atoms with Crippen LogP contribution in [0, 0.1) is 0 Å². The van der Waals surface area contributed by atoms with Crippen molar-refractivity contribution in [3.05, 3.63) is 36.5 Å². The average molecular weight is 183 g/mol. The third kappa shape index (κ3) is 0.988. The van der Waals surface area contributed by atoms with Crippen LogP contribution in [-0.2, 0) is 7.05 Å². The van der Waals surface area contributed by atoms with E-state index in [0.29, 0.717) is 0 Å². The molecule has 0 bridgehead atoms. The first-order chi connectivity index (χ1) is 6.83. The largest absolute Gasteiger partial charge is 0.273 e.